The number of pyridine rings is 1. The Balaban J connectivity index is 1.48. The van der Waals surface area contributed by atoms with Gasteiger partial charge in [-0.3, -0.25) is 14.5 Å². The van der Waals surface area contributed by atoms with E-state index >= 15 is 0 Å². The topological polar surface area (TPSA) is 103 Å². The fourth-order valence-corrected chi connectivity index (χ4v) is 5.38. The first kappa shape index (κ1) is 20.2. The van der Waals surface area contributed by atoms with E-state index in [1.54, 1.807) is 17.2 Å². The van der Waals surface area contributed by atoms with Crippen molar-refractivity contribution < 1.29 is 14.4 Å². The molecule has 0 spiro atoms. The molecule has 1 aromatic carbocycles. The molecule has 8 nitrogen and oxygen atoms in total. The average Bonchev–Trinajstić information content (AvgIpc) is 3.39. The predicted octanol–water partition coefficient (Wildman–Crippen LogP) is 3.93. The third kappa shape index (κ3) is 3.40. The van der Waals surface area contributed by atoms with Crippen molar-refractivity contribution in [1.82, 2.24) is 15.6 Å². The highest BCUT2D eigenvalue weighted by Crippen LogP contribution is 2.45. The van der Waals surface area contributed by atoms with Crippen LogP contribution in [0.4, 0.5) is 21.9 Å². The molecule has 0 bridgehead atoms. The summed E-state index contributed by atoms with van der Waals surface area (Å²) in [5, 5.41) is 9.56. The first-order valence-electron chi connectivity index (χ1n) is 10.4. The summed E-state index contributed by atoms with van der Waals surface area (Å²) in [6.45, 7) is 3.48. The highest BCUT2D eigenvalue weighted by atomic mass is 32.1. The molecule has 3 heterocycles. The summed E-state index contributed by atoms with van der Waals surface area (Å²) < 4.78 is 0. The van der Waals surface area contributed by atoms with Crippen LogP contribution in [0.25, 0.3) is 10.2 Å². The maximum atomic E-state index is 13.2. The van der Waals surface area contributed by atoms with Crippen LogP contribution in [0.1, 0.15) is 28.9 Å². The van der Waals surface area contributed by atoms with Crippen LogP contribution in [0.3, 0.4) is 0 Å². The molecule has 32 heavy (non-hydrogen) atoms. The van der Waals surface area contributed by atoms with Crippen LogP contribution < -0.4 is 20.9 Å². The van der Waals surface area contributed by atoms with Gasteiger partial charge in [0, 0.05) is 18.3 Å². The number of para-hydroxylation sites is 1. The summed E-state index contributed by atoms with van der Waals surface area (Å²) in [5.74, 6) is -0.539. The molecule has 2 aromatic heterocycles. The zero-order valence-electron chi connectivity index (χ0n) is 17.1. The number of thiophene rings is 1. The van der Waals surface area contributed by atoms with Crippen molar-refractivity contribution in [2.75, 3.05) is 10.2 Å². The van der Waals surface area contributed by atoms with Crippen molar-refractivity contribution >= 4 is 56.5 Å². The van der Waals surface area contributed by atoms with E-state index in [1.165, 1.54) is 17.4 Å². The lowest BCUT2D eigenvalue weighted by atomic mass is 10.1. The second kappa shape index (κ2) is 8.08. The van der Waals surface area contributed by atoms with Gasteiger partial charge >= 0.3 is 6.03 Å². The first-order chi connectivity index (χ1) is 15.6. The molecule has 5 rings (SSSR count). The summed E-state index contributed by atoms with van der Waals surface area (Å²) in [5.41, 5.74) is 1.90. The quantitative estimate of drug-likeness (QED) is 0.516. The van der Waals surface area contributed by atoms with E-state index in [0.717, 1.165) is 30.3 Å². The fraction of sp³-hybridized carbons (Fsp3) is 0.217. The lowest BCUT2D eigenvalue weighted by Crippen LogP contribution is -2.48. The zero-order valence-corrected chi connectivity index (χ0v) is 17.9. The number of urea groups is 1. The Morgan fingerprint density at radius 3 is 2.66 bits per heavy atom. The van der Waals surface area contributed by atoms with Gasteiger partial charge in [-0.15, -0.1) is 11.3 Å². The molecular formula is C23H21N5O3S. The summed E-state index contributed by atoms with van der Waals surface area (Å²) in [4.78, 5) is 45.1. The first-order valence-corrected chi connectivity index (χ1v) is 11.2. The van der Waals surface area contributed by atoms with Gasteiger partial charge in [-0.25, -0.2) is 9.78 Å². The van der Waals surface area contributed by atoms with E-state index in [9.17, 15) is 14.4 Å². The average molecular weight is 448 g/mol. The third-order valence-electron chi connectivity index (χ3n) is 5.81. The normalized spacial score (nSPS) is 19.5. The van der Waals surface area contributed by atoms with E-state index in [4.69, 9.17) is 0 Å². The number of carbonyl (C=O) groups excluding carboxylic acids is 3. The minimum absolute atomic E-state index is 0.146. The Hall–Kier alpha value is -3.72. The van der Waals surface area contributed by atoms with Gasteiger partial charge in [0.1, 0.15) is 9.71 Å². The number of carbonyl (C=O) groups is 3. The van der Waals surface area contributed by atoms with E-state index < -0.39 is 0 Å². The van der Waals surface area contributed by atoms with Crippen molar-refractivity contribution in [1.29, 1.82) is 0 Å². The van der Waals surface area contributed by atoms with Gasteiger partial charge in [-0.2, -0.15) is 0 Å². The molecule has 0 radical (unpaired) electrons. The van der Waals surface area contributed by atoms with Crippen LogP contribution >= 0.6 is 11.3 Å². The van der Waals surface area contributed by atoms with Gasteiger partial charge in [-0.05, 0) is 43.5 Å². The highest BCUT2D eigenvalue weighted by molar-refractivity contribution is 7.21. The highest BCUT2D eigenvalue weighted by Gasteiger charge is 2.35. The maximum absolute atomic E-state index is 13.2. The van der Waals surface area contributed by atoms with Crippen LogP contribution in [0.2, 0.25) is 0 Å². The Bertz CT molecular complexity index is 1240. The van der Waals surface area contributed by atoms with Gasteiger partial charge in [0.15, 0.2) is 0 Å². The Labute approximate surface area is 188 Å². The van der Waals surface area contributed by atoms with E-state index in [-0.39, 0.29) is 29.9 Å². The van der Waals surface area contributed by atoms with Crippen molar-refractivity contribution in [3.8, 4) is 0 Å². The van der Waals surface area contributed by atoms with Gasteiger partial charge in [0.05, 0.1) is 22.4 Å². The molecule has 1 fully saturated rings. The molecule has 1 aliphatic carbocycles. The standard InChI is InChI=1S/C23H21N5O3S/c1-2-17(29)25-14-9-6-10-15(14)26-21(30)20-19-18-16(11-12-24-22(18)32-20)28(23(31)27-19)13-7-4-3-5-8-13/h2-5,7-8,11-12,14-15H,1,6,9-10H2,(H,25,29)(H,26,30)(H,27,31)/t14-,15+/m1/s1. The molecular weight excluding hydrogens is 426 g/mol. The molecule has 2 atom stereocenters. The molecule has 4 amide bonds. The number of rotatable bonds is 5. The van der Waals surface area contributed by atoms with E-state index in [1.807, 2.05) is 30.3 Å². The lowest BCUT2D eigenvalue weighted by Gasteiger charge is -2.28. The summed E-state index contributed by atoms with van der Waals surface area (Å²) in [6.07, 6.45) is 5.34. The molecule has 1 aliphatic heterocycles. The molecule has 3 aromatic rings. The van der Waals surface area contributed by atoms with Crippen LogP contribution in [0.5, 0.6) is 0 Å². The largest absolute Gasteiger partial charge is 0.348 e. The van der Waals surface area contributed by atoms with Gasteiger partial charge in [-0.1, -0.05) is 24.8 Å². The number of amides is 4. The van der Waals surface area contributed by atoms with Crippen molar-refractivity contribution in [2.24, 2.45) is 0 Å². The maximum Gasteiger partial charge on any atom is 0.331 e. The number of anilines is 3. The predicted molar refractivity (Wildman–Crippen MR) is 124 cm³/mol. The van der Waals surface area contributed by atoms with Crippen molar-refractivity contribution in [3.63, 3.8) is 0 Å². The summed E-state index contributed by atoms with van der Waals surface area (Å²) >= 11 is 1.24. The summed E-state index contributed by atoms with van der Waals surface area (Å²) in [6, 6.07) is 10.5. The molecule has 9 heteroatoms. The number of benzene rings is 1. The third-order valence-corrected chi connectivity index (χ3v) is 6.91. The number of hydrogen-bond acceptors (Lipinski definition) is 5. The SMILES string of the molecule is C=CC(=O)N[C@@H]1CCC[C@@H]1NC(=O)c1sc2nccc3c2c1NC(=O)N3c1ccccc1. The minimum Gasteiger partial charge on any atom is -0.348 e. The molecule has 2 aliphatic rings. The molecule has 0 unspecified atom stereocenters. The number of nitrogens with zero attached hydrogens (tertiary/aromatic N) is 2. The second-order valence-electron chi connectivity index (χ2n) is 7.75. The number of hydrogen-bond donors (Lipinski definition) is 3. The Kier molecular flexibility index (Phi) is 5.10. The number of nitrogens with one attached hydrogen (secondary N) is 3. The van der Waals surface area contributed by atoms with E-state index in [0.29, 0.717) is 21.1 Å². The van der Waals surface area contributed by atoms with Crippen LogP contribution in [0, 0.1) is 0 Å². The van der Waals surface area contributed by atoms with Gasteiger partial charge in [0.25, 0.3) is 5.91 Å². The van der Waals surface area contributed by atoms with Crippen LogP contribution in [-0.4, -0.2) is 34.9 Å². The van der Waals surface area contributed by atoms with Gasteiger partial charge in [0.2, 0.25) is 5.91 Å². The lowest BCUT2D eigenvalue weighted by molar-refractivity contribution is -0.117. The Morgan fingerprint density at radius 2 is 1.91 bits per heavy atom. The molecule has 162 valence electrons. The van der Waals surface area contributed by atoms with Crippen molar-refractivity contribution in [2.45, 2.75) is 31.3 Å². The van der Waals surface area contributed by atoms with Crippen LogP contribution in [-0.2, 0) is 4.79 Å². The monoisotopic (exact) mass is 447 g/mol. The van der Waals surface area contributed by atoms with Gasteiger partial charge < -0.3 is 16.0 Å². The second-order valence-corrected chi connectivity index (χ2v) is 8.75. The number of aromatic nitrogens is 1. The smallest absolute Gasteiger partial charge is 0.331 e. The molecule has 1 saturated carbocycles. The van der Waals surface area contributed by atoms with Crippen LogP contribution in [0.15, 0.2) is 55.3 Å². The molecule has 3 N–H and O–H groups in total. The molecule has 0 saturated heterocycles. The Morgan fingerprint density at radius 1 is 1.16 bits per heavy atom. The van der Waals surface area contributed by atoms with Crippen molar-refractivity contribution in [3.05, 3.63) is 60.1 Å². The van der Waals surface area contributed by atoms with E-state index in [2.05, 4.69) is 27.5 Å². The summed E-state index contributed by atoms with van der Waals surface area (Å²) in [7, 11) is 0. The minimum atomic E-state index is -0.333. The fourth-order valence-electron chi connectivity index (χ4n) is 4.36. The zero-order chi connectivity index (χ0) is 22.2.